The lowest BCUT2D eigenvalue weighted by Crippen LogP contribution is -2.49. The van der Waals surface area contributed by atoms with Gasteiger partial charge in [0, 0.05) is 49.0 Å². The van der Waals surface area contributed by atoms with Crippen molar-refractivity contribution in [2.45, 2.75) is 44.0 Å². The van der Waals surface area contributed by atoms with Crippen LogP contribution < -0.4 is 0 Å². The van der Waals surface area contributed by atoms with Gasteiger partial charge in [-0.25, -0.2) is 8.42 Å². The van der Waals surface area contributed by atoms with Crippen LogP contribution >= 0.6 is 11.6 Å². The summed E-state index contributed by atoms with van der Waals surface area (Å²) in [6.45, 7) is 5.58. The normalized spacial score (nSPS) is 18.5. The van der Waals surface area contributed by atoms with Crippen LogP contribution in [0.4, 0.5) is 0 Å². The Labute approximate surface area is 173 Å². The zero-order chi connectivity index (χ0) is 20.3. The number of sulfonamides is 1. The van der Waals surface area contributed by atoms with E-state index in [2.05, 4.69) is 16.9 Å². The Morgan fingerprint density at radius 1 is 1.25 bits per heavy atom. The van der Waals surface area contributed by atoms with Gasteiger partial charge in [-0.15, -0.1) is 0 Å². The maximum Gasteiger partial charge on any atom is 0.243 e. The van der Waals surface area contributed by atoms with Gasteiger partial charge in [0.25, 0.3) is 0 Å². The minimum Gasteiger partial charge on any atom is -0.302 e. The molecule has 1 aliphatic rings. The molecular weight excluding hydrogens is 394 g/mol. The second-order valence-electron chi connectivity index (χ2n) is 7.58. The van der Waals surface area contributed by atoms with Crippen LogP contribution in [0.1, 0.15) is 29.7 Å². The summed E-state index contributed by atoms with van der Waals surface area (Å²) >= 11 is 6.15. The number of likely N-dealkylation sites (N-methyl/N-ethyl adjacent to an activating group) is 1. The summed E-state index contributed by atoms with van der Waals surface area (Å²) in [4.78, 5) is 7.00. The smallest absolute Gasteiger partial charge is 0.243 e. The summed E-state index contributed by atoms with van der Waals surface area (Å²) in [6.07, 6.45) is 4.53. The minimum absolute atomic E-state index is 0.209. The van der Waals surface area contributed by atoms with Gasteiger partial charge in [0.15, 0.2) is 0 Å². The van der Waals surface area contributed by atoms with Gasteiger partial charge >= 0.3 is 0 Å². The van der Waals surface area contributed by atoms with Crippen molar-refractivity contribution in [1.82, 2.24) is 14.2 Å². The first-order valence-electron chi connectivity index (χ1n) is 9.66. The van der Waals surface area contributed by atoms with E-state index in [1.165, 1.54) is 0 Å². The van der Waals surface area contributed by atoms with Gasteiger partial charge in [-0.05, 0) is 69.1 Å². The van der Waals surface area contributed by atoms with Gasteiger partial charge in [-0.3, -0.25) is 4.98 Å². The summed E-state index contributed by atoms with van der Waals surface area (Å²) in [6, 6.07) is 9.58. The van der Waals surface area contributed by atoms with E-state index in [4.69, 9.17) is 11.6 Å². The maximum atomic E-state index is 13.3. The zero-order valence-corrected chi connectivity index (χ0v) is 18.3. The van der Waals surface area contributed by atoms with Crippen molar-refractivity contribution >= 4 is 21.6 Å². The molecule has 0 aliphatic carbocycles. The number of hydrogen-bond donors (Lipinski definition) is 0. The highest BCUT2D eigenvalue weighted by molar-refractivity contribution is 7.89. The van der Waals surface area contributed by atoms with Crippen molar-refractivity contribution in [3.63, 3.8) is 0 Å². The van der Waals surface area contributed by atoms with Crippen LogP contribution in [-0.2, 0) is 16.4 Å². The van der Waals surface area contributed by atoms with Gasteiger partial charge in [0.05, 0.1) is 4.90 Å². The summed E-state index contributed by atoms with van der Waals surface area (Å²) in [5.41, 5.74) is 2.54. The van der Waals surface area contributed by atoms with Gasteiger partial charge in [0.2, 0.25) is 10.0 Å². The Morgan fingerprint density at radius 3 is 2.75 bits per heavy atom. The van der Waals surface area contributed by atoms with Crippen LogP contribution in [0.15, 0.2) is 41.4 Å². The Morgan fingerprint density at radius 2 is 2.04 bits per heavy atom. The molecular formula is C21H28ClN3O2S. The standard InChI is InChI=1S/C21H28ClN3O2S/c1-16-14-21(17(2)13-20(16)22)28(26,27)25-11-6-8-19(15-25)24(3)12-9-18-7-4-5-10-23-18/h4-5,7,10,13-14,19H,6,8-9,11-12,15H2,1-3H3/t19-/m0/s1. The molecule has 0 bridgehead atoms. The second kappa shape index (κ2) is 8.91. The third-order valence-corrected chi connectivity index (χ3v) is 7.92. The molecule has 5 nitrogen and oxygen atoms in total. The van der Waals surface area contributed by atoms with Crippen LogP contribution in [0.25, 0.3) is 0 Å². The molecule has 28 heavy (non-hydrogen) atoms. The third-order valence-electron chi connectivity index (χ3n) is 5.50. The third kappa shape index (κ3) is 4.74. The molecule has 1 atom stereocenters. The molecule has 0 spiro atoms. The van der Waals surface area contributed by atoms with Crippen molar-refractivity contribution in [2.24, 2.45) is 0 Å². The molecule has 2 heterocycles. The average Bonchev–Trinajstić information content (AvgIpc) is 2.69. The molecule has 1 saturated heterocycles. The van der Waals surface area contributed by atoms with Crippen molar-refractivity contribution in [3.8, 4) is 0 Å². The molecule has 1 aromatic heterocycles. The first-order chi connectivity index (χ1) is 13.3. The SMILES string of the molecule is Cc1cc(S(=O)(=O)N2CCC[C@H](N(C)CCc3ccccn3)C2)c(C)cc1Cl. The molecule has 0 radical (unpaired) electrons. The fourth-order valence-electron chi connectivity index (χ4n) is 3.69. The number of hydrogen-bond acceptors (Lipinski definition) is 4. The van der Waals surface area contributed by atoms with E-state index >= 15 is 0 Å². The van der Waals surface area contributed by atoms with Crippen LogP contribution in [0.5, 0.6) is 0 Å². The number of nitrogens with zero attached hydrogens (tertiary/aromatic N) is 3. The molecule has 0 saturated carbocycles. The minimum atomic E-state index is -3.53. The Bertz CT molecular complexity index is 919. The average molecular weight is 422 g/mol. The number of pyridine rings is 1. The first kappa shape index (κ1) is 21.2. The molecule has 152 valence electrons. The van der Waals surface area contributed by atoms with E-state index in [9.17, 15) is 8.42 Å². The lowest BCUT2D eigenvalue weighted by Gasteiger charge is -2.37. The number of piperidine rings is 1. The zero-order valence-electron chi connectivity index (χ0n) is 16.7. The predicted octanol–water partition coefficient (Wildman–Crippen LogP) is 3.68. The van der Waals surface area contributed by atoms with Gasteiger partial charge in [-0.2, -0.15) is 4.31 Å². The molecule has 1 aliphatic heterocycles. The van der Waals surface area contributed by atoms with Crippen LogP contribution in [0, 0.1) is 13.8 Å². The van der Waals surface area contributed by atoms with E-state index in [0.717, 1.165) is 37.1 Å². The maximum absolute atomic E-state index is 13.3. The first-order valence-corrected chi connectivity index (χ1v) is 11.5. The lowest BCUT2D eigenvalue weighted by molar-refractivity contribution is 0.164. The number of benzene rings is 1. The molecule has 1 aromatic carbocycles. The summed E-state index contributed by atoms with van der Waals surface area (Å²) in [7, 11) is -1.46. The quantitative estimate of drug-likeness (QED) is 0.713. The number of halogens is 1. The largest absolute Gasteiger partial charge is 0.302 e. The van der Waals surface area contributed by atoms with Gasteiger partial charge in [0.1, 0.15) is 0 Å². The van der Waals surface area contributed by atoms with E-state index in [0.29, 0.717) is 28.6 Å². The molecule has 3 rings (SSSR count). The summed E-state index contributed by atoms with van der Waals surface area (Å²) in [5, 5.41) is 0.599. The number of aromatic nitrogens is 1. The van der Waals surface area contributed by atoms with E-state index in [-0.39, 0.29) is 6.04 Å². The second-order valence-corrected chi connectivity index (χ2v) is 9.89. The fraction of sp³-hybridized carbons (Fsp3) is 0.476. The number of rotatable bonds is 6. The van der Waals surface area contributed by atoms with Crippen molar-refractivity contribution < 1.29 is 8.42 Å². The highest BCUT2D eigenvalue weighted by atomic mass is 35.5. The monoisotopic (exact) mass is 421 g/mol. The molecule has 0 unspecified atom stereocenters. The van der Waals surface area contributed by atoms with Crippen molar-refractivity contribution in [1.29, 1.82) is 0 Å². The molecule has 0 N–H and O–H groups in total. The van der Waals surface area contributed by atoms with E-state index in [1.54, 1.807) is 29.6 Å². The Kier molecular flexibility index (Phi) is 6.76. The van der Waals surface area contributed by atoms with Crippen LogP contribution in [0.2, 0.25) is 5.02 Å². The van der Waals surface area contributed by atoms with Gasteiger partial charge < -0.3 is 4.90 Å². The lowest BCUT2D eigenvalue weighted by atomic mass is 10.1. The highest BCUT2D eigenvalue weighted by Crippen LogP contribution is 2.28. The Balaban J connectivity index is 1.71. The Hall–Kier alpha value is -1.47. The van der Waals surface area contributed by atoms with Crippen molar-refractivity contribution in [3.05, 3.63) is 58.4 Å². The molecule has 0 amide bonds. The van der Waals surface area contributed by atoms with Crippen LogP contribution in [0.3, 0.4) is 0 Å². The summed E-state index contributed by atoms with van der Waals surface area (Å²) < 4.78 is 28.2. The highest BCUT2D eigenvalue weighted by Gasteiger charge is 2.32. The summed E-state index contributed by atoms with van der Waals surface area (Å²) in [5.74, 6) is 0. The molecule has 7 heteroatoms. The molecule has 2 aromatic rings. The van der Waals surface area contributed by atoms with Crippen LogP contribution in [-0.4, -0.2) is 55.3 Å². The van der Waals surface area contributed by atoms with E-state index in [1.807, 2.05) is 25.1 Å². The fourth-order valence-corrected chi connectivity index (χ4v) is 5.72. The van der Waals surface area contributed by atoms with Gasteiger partial charge in [-0.1, -0.05) is 17.7 Å². The predicted molar refractivity (Wildman–Crippen MR) is 113 cm³/mol. The van der Waals surface area contributed by atoms with Crippen molar-refractivity contribution in [2.75, 3.05) is 26.7 Å². The topological polar surface area (TPSA) is 53.5 Å². The molecule has 1 fully saturated rings. The van der Waals surface area contributed by atoms with E-state index < -0.39 is 10.0 Å². The number of aryl methyl sites for hydroxylation is 2.